The number of hydrogen-bond acceptors (Lipinski definition) is 2. The highest BCUT2D eigenvalue weighted by atomic mass is 79.9. The molecular weight excluding hydrogens is 266 g/mol. The van der Waals surface area contributed by atoms with E-state index in [1.807, 2.05) is 19.3 Å². The number of halogens is 1. The summed E-state index contributed by atoms with van der Waals surface area (Å²) in [5.41, 5.74) is 10.6. The first kappa shape index (κ1) is 11.2. The van der Waals surface area contributed by atoms with Gasteiger partial charge in [0.15, 0.2) is 0 Å². The Kier molecular flexibility index (Phi) is 2.76. The number of aromatic nitrogens is 2. The van der Waals surface area contributed by atoms with E-state index >= 15 is 0 Å². The van der Waals surface area contributed by atoms with Crippen molar-refractivity contribution >= 4 is 21.7 Å². The highest BCUT2D eigenvalue weighted by Gasteiger charge is 2.14. The average Bonchev–Trinajstić information content (AvgIpc) is 2.56. The van der Waals surface area contributed by atoms with Crippen LogP contribution in [0.2, 0.25) is 0 Å². The summed E-state index contributed by atoms with van der Waals surface area (Å²) in [4.78, 5) is 0. The minimum Gasteiger partial charge on any atom is -0.383 e. The van der Waals surface area contributed by atoms with E-state index in [2.05, 4.69) is 40.9 Å². The van der Waals surface area contributed by atoms with Gasteiger partial charge in [-0.05, 0) is 31.0 Å². The van der Waals surface area contributed by atoms with Gasteiger partial charge >= 0.3 is 0 Å². The summed E-state index contributed by atoms with van der Waals surface area (Å²) in [5, 5.41) is 4.18. The van der Waals surface area contributed by atoms with E-state index in [4.69, 9.17) is 5.73 Å². The van der Waals surface area contributed by atoms with Gasteiger partial charge in [-0.25, -0.2) is 0 Å². The first-order chi connectivity index (χ1) is 7.52. The Hall–Kier alpha value is -1.29. The average molecular weight is 280 g/mol. The molecule has 0 aliphatic heterocycles. The van der Waals surface area contributed by atoms with Gasteiger partial charge in [0.2, 0.25) is 0 Å². The number of aryl methyl sites for hydroxylation is 2. The summed E-state index contributed by atoms with van der Waals surface area (Å²) in [7, 11) is 1.85. The topological polar surface area (TPSA) is 43.8 Å². The predicted molar refractivity (Wildman–Crippen MR) is 70.2 cm³/mol. The molecule has 0 amide bonds. The zero-order valence-electron chi connectivity index (χ0n) is 9.58. The van der Waals surface area contributed by atoms with Crippen LogP contribution in [0.15, 0.2) is 22.8 Å². The third-order valence-electron chi connectivity index (χ3n) is 2.94. The lowest BCUT2D eigenvalue weighted by Crippen LogP contribution is -1.99. The molecule has 2 rings (SSSR count). The van der Waals surface area contributed by atoms with Crippen molar-refractivity contribution in [3.63, 3.8) is 0 Å². The van der Waals surface area contributed by atoms with Crippen LogP contribution in [-0.2, 0) is 7.05 Å². The van der Waals surface area contributed by atoms with Crippen LogP contribution in [0.1, 0.15) is 11.1 Å². The van der Waals surface area contributed by atoms with Gasteiger partial charge in [0.25, 0.3) is 0 Å². The largest absolute Gasteiger partial charge is 0.383 e. The van der Waals surface area contributed by atoms with Crippen molar-refractivity contribution in [3.05, 3.63) is 33.9 Å². The Morgan fingerprint density at radius 2 is 2.00 bits per heavy atom. The van der Waals surface area contributed by atoms with Gasteiger partial charge in [0.05, 0.1) is 6.20 Å². The molecule has 0 unspecified atom stereocenters. The van der Waals surface area contributed by atoms with Gasteiger partial charge in [0.1, 0.15) is 5.82 Å². The monoisotopic (exact) mass is 279 g/mol. The number of nitrogens with two attached hydrogens (primary N) is 1. The van der Waals surface area contributed by atoms with Gasteiger partial charge in [-0.2, -0.15) is 5.10 Å². The lowest BCUT2D eigenvalue weighted by Gasteiger charge is -2.10. The highest BCUT2D eigenvalue weighted by molar-refractivity contribution is 9.10. The van der Waals surface area contributed by atoms with Crippen molar-refractivity contribution in [1.82, 2.24) is 9.78 Å². The number of hydrogen-bond donors (Lipinski definition) is 1. The fourth-order valence-corrected chi connectivity index (χ4v) is 2.40. The lowest BCUT2D eigenvalue weighted by molar-refractivity contribution is 0.779. The van der Waals surface area contributed by atoms with Crippen LogP contribution in [0, 0.1) is 13.8 Å². The van der Waals surface area contributed by atoms with Gasteiger partial charge in [0, 0.05) is 22.6 Å². The molecule has 0 spiro atoms. The first-order valence-electron chi connectivity index (χ1n) is 5.06. The van der Waals surface area contributed by atoms with Crippen LogP contribution in [0.4, 0.5) is 5.82 Å². The van der Waals surface area contributed by atoms with E-state index in [0.717, 1.165) is 15.6 Å². The number of nitrogen functional groups attached to an aromatic ring is 1. The maximum absolute atomic E-state index is 6.00. The normalized spacial score (nSPS) is 10.8. The zero-order chi connectivity index (χ0) is 11.9. The quantitative estimate of drug-likeness (QED) is 0.872. The van der Waals surface area contributed by atoms with Gasteiger partial charge in [-0.1, -0.05) is 22.0 Å². The standard InChI is InChI=1S/C12H14BrN3/c1-7-4-5-10(13)11(8(7)2)9-6-15-16(3)12(9)14/h4-6H,14H2,1-3H3. The second kappa shape index (κ2) is 3.94. The third kappa shape index (κ3) is 1.63. The zero-order valence-corrected chi connectivity index (χ0v) is 11.2. The summed E-state index contributed by atoms with van der Waals surface area (Å²) in [6.45, 7) is 4.19. The van der Waals surface area contributed by atoms with Crippen molar-refractivity contribution in [1.29, 1.82) is 0 Å². The molecule has 0 aliphatic rings. The van der Waals surface area contributed by atoms with Crippen LogP contribution < -0.4 is 5.73 Å². The van der Waals surface area contributed by atoms with Crippen molar-refractivity contribution < 1.29 is 0 Å². The summed E-state index contributed by atoms with van der Waals surface area (Å²) in [6.07, 6.45) is 1.81. The van der Waals surface area contributed by atoms with Crippen LogP contribution >= 0.6 is 15.9 Å². The second-order valence-electron chi connectivity index (χ2n) is 3.93. The molecule has 2 aromatic rings. The number of benzene rings is 1. The smallest absolute Gasteiger partial charge is 0.129 e. The Labute approximate surface area is 103 Å². The Morgan fingerprint density at radius 1 is 1.31 bits per heavy atom. The predicted octanol–water partition coefficient (Wildman–Crippen LogP) is 3.05. The summed E-state index contributed by atoms with van der Waals surface area (Å²) < 4.78 is 2.74. The molecule has 16 heavy (non-hydrogen) atoms. The van der Waals surface area contributed by atoms with Gasteiger partial charge < -0.3 is 5.73 Å². The Balaban J connectivity index is 2.73. The molecule has 0 atom stereocenters. The number of anilines is 1. The second-order valence-corrected chi connectivity index (χ2v) is 4.79. The molecule has 2 N–H and O–H groups in total. The fraction of sp³-hybridized carbons (Fsp3) is 0.250. The van der Waals surface area contributed by atoms with Crippen LogP contribution in [-0.4, -0.2) is 9.78 Å². The minimum atomic E-state index is 0.689. The molecule has 4 heteroatoms. The van der Waals surface area contributed by atoms with Crippen molar-refractivity contribution in [2.24, 2.45) is 7.05 Å². The minimum absolute atomic E-state index is 0.689. The van der Waals surface area contributed by atoms with Crippen molar-refractivity contribution in [2.45, 2.75) is 13.8 Å². The fourth-order valence-electron chi connectivity index (χ4n) is 1.75. The van der Waals surface area contributed by atoms with E-state index in [-0.39, 0.29) is 0 Å². The molecule has 1 heterocycles. The Bertz CT molecular complexity index is 543. The van der Waals surface area contributed by atoms with Gasteiger partial charge in [-0.3, -0.25) is 4.68 Å². The van der Waals surface area contributed by atoms with Crippen molar-refractivity contribution in [3.8, 4) is 11.1 Å². The number of rotatable bonds is 1. The van der Waals surface area contributed by atoms with Crippen LogP contribution in [0.5, 0.6) is 0 Å². The highest BCUT2D eigenvalue weighted by Crippen LogP contribution is 2.35. The van der Waals surface area contributed by atoms with E-state index < -0.39 is 0 Å². The van der Waals surface area contributed by atoms with Crippen LogP contribution in [0.25, 0.3) is 11.1 Å². The molecular formula is C12H14BrN3. The van der Waals surface area contributed by atoms with Gasteiger partial charge in [-0.15, -0.1) is 0 Å². The maximum Gasteiger partial charge on any atom is 0.129 e. The molecule has 1 aromatic carbocycles. The molecule has 3 nitrogen and oxygen atoms in total. The molecule has 0 saturated heterocycles. The van der Waals surface area contributed by atoms with Crippen LogP contribution in [0.3, 0.4) is 0 Å². The summed E-state index contributed by atoms with van der Waals surface area (Å²) in [6, 6.07) is 4.14. The summed E-state index contributed by atoms with van der Waals surface area (Å²) >= 11 is 3.57. The first-order valence-corrected chi connectivity index (χ1v) is 5.85. The molecule has 0 aliphatic carbocycles. The molecule has 1 aromatic heterocycles. The molecule has 0 bridgehead atoms. The molecule has 0 saturated carbocycles. The molecule has 0 radical (unpaired) electrons. The van der Waals surface area contributed by atoms with E-state index in [1.165, 1.54) is 11.1 Å². The van der Waals surface area contributed by atoms with Crippen molar-refractivity contribution in [2.75, 3.05) is 5.73 Å². The van der Waals surface area contributed by atoms with E-state index in [9.17, 15) is 0 Å². The SMILES string of the molecule is Cc1ccc(Br)c(-c2cnn(C)c2N)c1C. The summed E-state index contributed by atoms with van der Waals surface area (Å²) in [5.74, 6) is 0.689. The van der Waals surface area contributed by atoms with E-state index in [0.29, 0.717) is 5.82 Å². The maximum atomic E-state index is 6.00. The third-order valence-corrected chi connectivity index (χ3v) is 3.60. The van der Waals surface area contributed by atoms with E-state index in [1.54, 1.807) is 4.68 Å². The Morgan fingerprint density at radius 3 is 2.56 bits per heavy atom. The number of nitrogens with zero attached hydrogens (tertiary/aromatic N) is 2. The molecule has 84 valence electrons. The lowest BCUT2D eigenvalue weighted by atomic mass is 9.99. The molecule has 0 fully saturated rings.